The van der Waals surface area contributed by atoms with Crippen molar-refractivity contribution in [2.45, 2.75) is 19.5 Å². The van der Waals surface area contributed by atoms with Gasteiger partial charge in [-0.2, -0.15) is 13.2 Å². The molecular formula is C12H15F4NO. The highest BCUT2D eigenvalue weighted by atomic mass is 19.4. The molecule has 0 aliphatic rings. The zero-order chi connectivity index (χ0) is 13.6. The van der Waals surface area contributed by atoms with Crippen molar-refractivity contribution in [2.24, 2.45) is 0 Å². The van der Waals surface area contributed by atoms with Gasteiger partial charge in [0.25, 0.3) is 0 Å². The van der Waals surface area contributed by atoms with E-state index in [0.29, 0.717) is 18.7 Å². The molecule has 0 aromatic heterocycles. The molecule has 0 bridgehead atoms. The molecule has 0 aliphatic carbocycles. The van der Waals surface area contributed by atoms with Crippen molar-refractivity contribution in [3.8, 4) is 0 Å². The lowest BCUT2D eigenvalue weighted by Crippen LogP contribution is -2.18. The minimum atomic E-state index is -4.30. The Morgan fingerprint density at radius 1 is 1.28 bits per heavy atom. The van der Waals surface area contributed by atoms with Gasteiger partial charge in [0.05, 0.1) is 5.69 Å². The standard InChI is InChI=1S/C12H15F4NO/c1-9-3-4-11(10(13)7-9)17-5-2-6-18-8-12(14,15)16/h3-4,7,17H,2,5-6,8H2,1H3. The fourth-order valence-electron chi connectivity index (χ4n) is 1.35. The van der Waals surface area contributed by atoms with Crippen molar-refractivity contribution in [3.05, 3.63) is 29.6 Å². The van der Waals surface area contributed by atoms with Gasteiger partial charge in [-0.25, -0.2) is 4.39 Å². The molecule has 1 aromatic carbocycles. The van der Waals surface area contributed by atoms with E-state index in [2.05, 4.69) is 10.1 Å². The molecule has 0 heterocycles. The molecule has 0 saturated heterocycles. The van der Waals surface area contributed by atoms with Crippen LogP contribution in [-0.4, -0.2) is 25.9 Å². The predicted octanol–water partition coefficient (Wildman–Crippen LogP) is 3.52. The number of nitrogens with one attached hydrogen (secondary N) is 1. The topological polar surface area (TPSA) is 21.3 Å². The average molecular weight is 265 g/mol. The Bertz CT molecular complexity index is 379. The molecule has 0 spiro atoms. The molecule has 0 atom stereocenters. The molecule has 102 valence electrons. The van der Waals surface area contributed by atoms with Crippen LogP contribution in [0.25, 0.3) is 0 Å². The highest BCUT2D eigenvalue weighted by Gasteiger charge is 2.27. The van der Waals surface area contributed by atoms with Crippen LogP contribution in [0.2, 0.25) is 0 Å². The SMILES string of the molecule is Cc1ccc(NCCCOCC(F)(F)F)c(F)c1. The van der Waals surface area contributed by atoms with Crippen LogP contribution in [0.15, 0.2) is 18.2 Å². The molecule has 0 fully saturated rings. The molecule has 0 aliphatic heterocycles. The first-order chi connectivity index (χ1) is 8.38. The molecule has 0 radical (unpaired) electrons. The normalized spacial score (nSPS) is 11.6. The van der Waals surface area contributed by atoms with Crippen LogP contribution in [0, 0.1) is 12.7 Å². The second kappa shape index (κ2) is 6.58. The number of rotatable bonds is 6. The van der Waals surface area contributed by atoms with Crippen molar-refractivity contribution in [1.29, 1.82) is 0 Å². The summed E-state index contributed by atoms with van der Waals surface area (Å²) >= 11 is 0. The van der Waals surface area contributed by atoms with Gasteiger partial charge in [-0.05, 0) is 31.0 Å². The summed E-state index contributed by atoms with van der Waals surface area (Å²) in [5, 5.41) is 2.80. The van der Waals surface area contributed by atoms with E-state index in [9.17, 15) is 17.6 Å². The third kappa shape index (κ3) is 5.86. The number of ether oxygens (including phenoxy) is 1. The first-order valence-corrected chi connectivity index (χ1v) is 5.53. The molecule has 6 heteroatoms. The molecule has 0 saturated carbocycles. The predicted molar refractivity (Wildman–Crippen MR) is 61.1 cm³/mol. The van der Waals surface area contributed by atoms with Gasteiger partial charge in [-0.15, -0.1) is 0 Å². The second-order valence-corrected chi connectivity index (χ2v) is 3.93. The number of halogens is 4. The first kappa shape index (κ1) is 14.8. The quantitative estimate of drug-likeness (QED) is 0.627. The molecular weight excluding hydrogens is 250 g/mol. The molecule has 1 rings (SSSR count). The molecule has 2 nitrogen and oxygen atoms in total. The van der Waals surface area contributed by atoms with Crippen LogP contribution < -0.4 is 5.32 Å². The second-order valence-electron chi connectivity index (χ2n) is 3.93. The van der Waals surface area contributed by atoms with E-state index in [1.54, 1.807) is 19.1 Å². The molecule has 1 aromatic rings. The van der Waals surface area contributed by atoms with Crippen molar-refractivity contribution in [1.82, 2.24) is 0 Å². The summed E-state index contributed by atoms with van der Waals surface area (Å²) in [6.07, 6.45) is -3.92. The summed E-state index contributed by atoms with van der Waals surface area (Å²) in [6.45, 7) is 0.877. The fourth-order valence-corrected chi connectivity index (χ4v) is 1.35. The summed E-state index contributed by atoms with van der Waals surface area (Å²) in [7, 11) is 0. The van der Waals surface area contributed by atoms with E-state index in [-0.39, 0.29) is 12.4 Å². The van der Waals surface area contributed by atoms with Crippen molar-refractivity contribution >= 4 is 5.69 Å². The molecule has 18 heavy (non-hydrogen) atoms. The Hall–Kier alpha value is -1.30. The third-order valence-corrected chi connectivity index (χ3v) is 2.17. The maximum Gasteiger partial charge on any atom is 0.411 e. The molecule has 0 amide bonds. The van der Waals surface area contributed by atoms with Gasteiger partial charge >= 0.3 is 6.18 Å². The van der Waals surface area contributed by atoms with Gasteiger partial charge < -0.3 is 10.1 Å². The Morgan fingerprint density at radius 3 is 2.61 bits per heavy atom. The summed E-state index contributed by atoms with van der Waals surface area (Å²) in [4.78, 5) is 0. The monoisotopic (exact) mass is 265 g/mol. The van der Waals surface area contributed by atoms with Gasteiger partial charge in [0.1, 0.15) is 12.4 Å². The molecule has 1 N–H and O–H groups in total. The minimum Gasteiger partial charge on any atom is -0.383 e. The lowest BCUT2D eigenvalue weighted by atomic mass is 10.2. The zero-order valence-electron chi connectivity index (χ0n) is 9.98. The van der Waals surface area contributed by atoms with Gasteiger partial charge in [0.15, 0.2) is 0 Å². The van der Waals surface area contributed by atoms with Gasteiger partial charge in [-0.1, -0.05) is 6.07 Å². The first-order valence-electron chi connectivity index (χ1n) is 5.53. The summed E-state index contributed by atoms with van der Waals surface area (Å²) in [5.74, 6) is -0.369. The van der Waals surface area contributed by atoms with E-state index in [1.807, 2.05) is 0 Å². The van der Waals surface area contributed by atoms with Gasteiger partial charge in [0, 0.05) is 13.2 Å². The largest absolute Gasteiger partial charge is 0.411 e. The van der Waals surface area contributed by atoms with E-state index < -0.39 is 12.8 Å². The van der Waals surface area contributed by atoms with Crippen LogP contribution in [0.1, 0.15) is 12.0 Å². The van der Waals surface area contributed by atoms with Gasteiger partial charge in [-0.3, -0.25) is 0 Å². The smallest absolute Gasteiger partial charge is 0.383 e. The van der Waals surface area contributed by atoms with Crippen molar-refractivity contribution in [3.63, 3.8) is 0 Å². The Morgan fingerprint density at radius 2 is 2.00 bits per heavy atom. The van der Waals surface area contributed by atoms with Crippen LogP contribution in [0.5, 0.6) is 0 Å². The zero-order valence-corrected chi connectivity index (χ0v) is 9.98. The summed E-state index contributed by atoms with van der Waals surface area (Å²) < 4.78 is 53.0. The van der Waals surface area contributed by atoms with Crippen LogP contribution >= 0.6 is 0 Å². The van der Waals surface area contributed by atoms with E-state index >= 15 is 0 Å². The highest BCUT2D eigenvalue weighted by molar-refractivity contribution is 5.45. The number of aryl methyl sites for hydroxylation is 1. The fraction of sp³-hybridized carbons (Fsp3) is 0.500. The maximum absolute atomic E-state index is 13.3. The average Bonchev–Trinajstić information content (AvgIpc) is 2.24. The molecule has 0 unspecified atom stereocenters. The van der Waals surface area contributed by atoms with Crippen LogP contribution in [-0.2, 0) is 4.74 Å². The summed E-state index contributed by atoms with van der Waals surface area (Å²) in [6, 6.07) is 4.75. The van der Waals surface area contributed by atoms with Crippen LogP contribution in [0.3, 0.4) is 0 Å². The van der Waals surface area contributed by atoms with E-state index in [1.165, 1.54) is 6.07 Å². The summed E-state index contributed by atoms with van der Waals surface area (Å²) in [5.41, 5.74) is 1.16. The van der Waals surface area contributed by atoms with Gasteiger partial charge in [0.2, 0.25) is 0 Å². The minimum absolute atomic E-state index is 0.0139. The lowest BCUT2D eigenvalue weighted by Gasteiger charge is -2.09. The number of anilines is 1. The number of alkyl halides is 3. The van der Waals surface area contributed by atoms with E-state index in [4.69, 9.17) is 0 Å². The number of benzene rings is 1. The number of hydrogen-bond acceptors (Lipinski definition) is 2. The lowest BCUT2D eigenvalue weighted by molar-refractivity contribution is -0.173. The van der Waals surface area contributed by atoms with Crippen LogP contribution in [0.4, 0.5) is 23.2 Å². The third-order valence-electron chi connectivity index (χ3n) is 2.17. The Balaban J connectivity index is 2.18. The van der Waals surface area contributed by atoms with Crippen molar-refractivity contribution in [2.75, 3.05) is 25.1 Å². The van der Waals surface area contributed by atoms with E-state index in [0.717, 1.165) is 5.56 Å². The Labute approximate surface area is 103 Å². The highest BCUT2D eigenvalue weighted by Crippen LogP contribution is 2.16. The maximum atomic E-state index is 13.3. The Kier molecular flexibility index (Phi) is 5.40. The van der Waals surface area contributed by atoms with Crippen molar-refractivity contribution < 1.29 is 22.3 Å². The number of hydrogen-bond donors (Lipinski definition) is 1.